The molecular formula is C16H26O14. The maximum absolute atomic E-state index is 12.3. The summed E-state index contributed by atoms with van der Waals surface area (Å²) >= 11 is 0. The van der Waals surface area contributed by atoms with Crippen molar-refractivity contribution in [2.75, 3.05) is 19.8 Å². The lowest BCUT2D eigenvalue weighted by molar-refractivity contribution is -0.415. The van der Waals surface area contributed by atoms with Gasteiger partial charge in [0.2, 0.25) is 0 Å². The van der Waals surface area contributed by atoms with Gasteiger partial charge in [-0.3, -0.25) is 9.59 Å². The van der Waals surface area contributed by atoms with Crippen molar-refractivity contribution in [2.45, 2.75) is 67.0 Å². The number of aliphatic hydroxyl groups is 8. The SMILES string of the molecule is O=C(O)CCC(=O)O[C@@]1([C@@]2(CO)O[C@H](CO)[C@@H](O)[C@@H]2O)O[C@H](CO)[C@@H](O)[C@H](O)[C@H]1O. The van der Waals surface area contributed by atoms with Crippen LogP contribution in [0.1, 0.15) is 12.8 Å². The van der Waals surface area contributed by atoms with Crippen molar-refractivity contribution >= 4 is 11.9 Å². The first-order valence-corrected chi connectivity index (χ1v) is 9.03. The number of carboxylic acid groups (broad SMARTS) is 1. The first kappa shape index (κ1) is 24.8. The van der Waals surface area contributed by atoms with Crippen LogP contribution in [0.5, 0.6) is 0 Å². The number of esters is 1. The smallest absolute Gasteiger partial charge is 0.309 e. The summed E-state index contributed by atoms with van der Waals surface area (Å²) in [5.74, 6) is -5.73. The molecule has 2 aliphatic heterocycles. The van der Waals surface area contributed by atoms with E-state index in [1.165, 1.54) is 0 Å². The molecule has 2 saturated heterocycles. The first-order chi connectivity index (χ1) is 14.0. The molecule has 0 spiro atoms. The van der Waals surface area contributed by atoms with Gasteiger partial charge in [-0.1, -0.05) is 0 Å². The highest BCUT2D eigenvalue weighted by Gasteiger charge is 2.74. The number of aliphatic hydroxyl groups excluding tert-OH is 8. The number of rotatable bonds is 8. The van der Waals surface area contributed by atoms with E-state index in [-0.39, 0.29) is 0 Å². The Balaban J connectivity index is 2.58. The molecule has 2 fully saturated rings. The number of carboxylic acids is 1. The van der Waals surface area contributed by atoms with E-state index < -0.39 is 98.7 Å². The van der Waals surface area contributed by atoms with Gasteiger partial charge >= 0.3 is 11.9 Å². The van der Waals surface area contributed by atoms with Crippen LogP contribution < -0.4 is 0 Å². The molecule has 9 N–H and O–H groups in total. The second-order valence-electron chi connectivity index (χ2n) is 7.12. The van der Waals surface area contributed by atoms with Crippen LogP contribution in [0, 0.1) is 0 Å². The van der Waals surface area contributed by atoms with Gasteiger partial charge in [0.25, 0.3) is 5.79 Å². The molecule has 0 bridgehead atoms. The van der Waals surface area contributed by atoms with Gasteiger partial charge in [-0.2, -0.15) is 0 Å². The summed E-state index contributed by atoms with van der Waals surface area (Å²) in [7, 11) is 0. The van der Waals surface area contributed by atoms with Gasteiger partial charge in [-0.05, 0) is 0 Å². The van der Waals surface area contributed by atoms with Crippen LogP contribution in [0.3, 0.4) is 0 Å². The Hall–Kier alpha value is -1.46. The van der Waals surface area contributed by atoms with Gasteiger partial charge in [0.05, 0.1) is 32.7 Å². The van der Waals surface area contributed by atoms with Crippen molar-refractivity contribution in [3.8, 4) is 0 Å². The van der Waals surface area contributed by atoms with E-state index in [1.807, 2.05) is 0 Å². The topological polar surface area (TPSA) is 244 Å². The van der Waals surface area contributed by atoms with E-state index in [2.05, 4.69) is 0 Å². The zero-order chi connectivity index (χ0) is 22.9. The van der Waals surface area contributed by atoms with E-state index in [0.717, 1.165) is 0 Å². The Morgan fingerprint density at radius 1 is 0.800 bits per heavy atom. The maximum Gasteiger partial charge on any atom is 0.309 e. The predicted octanol–water partition coefficient (Wildman–Crippen LogP) is -5.59. The van der Waals surface area contributed by atoms with Crippen molar-refractivity contribution in [3.63, 3.8) is 0 Å². The Morgan fingerprint density at radius 3 is 1.83 bits per heavy atom. The van der Waals surface area contributed by atoms with Gasteiger partial charge < -0.3 is 60.2 Å². The van der Waals surface area contributed by atoms with Crippen LogP contribution in [0.25, 0.3) is 0 Å². The predicted molar refractivity (Wildman–Crippen MR) is 89.5 cm³/mol. The number of hydrogen-bond donors (Lipinski definition) is 9. The third kappa shape index (κ3) is 3.91. The van der Waals surface area contributed by atoms with Crippen LogP contribution in [-0.4, -0.2) is 132 Å². The number of carbonyl (C=O) groups is 2. The molecule has 0 aromatic heterocycles. The average Bonchev–Trinajstić information content (AvgIpc) is 2.98. The lowest BCUT2D eigenvalue weighted by Gasteiger charge is -2.54. The van der Waals surface area contributed by atoms with Crippen LogP contribution in [0.15, 0.2) is 0 Å². The highest BCUT2D eigenvalue weighted by Crippen LogP contribution is 2.48. The minimum Gasteiger partial charge on any atom is -0.481 e. The normalized spacial score (nSPS) is 44.1. The molecule has 0 amide bonds. The lowest BCUT2D eigenvalue weighted by Crippen LogP contribution is -2.78. The second-order valence-corrected chi connectivity index (χ2v) is 7.12. The van der Waals surface area contributed by atoms with Crippen LogP contribution in [-0.2, 0) is 23.8 Å². The highest BCUT2D eigenvalue weighted by atomic mass is 16.8. The molecule has 0 aromatic carbocycles. The van der Waals surface area contributed by atoms with Gasteiger partial charge in [0.15, 0.2) is 11.7 Å². The summed E-state index contributed by atoms with van der Waals surface area (Å²) in [6.07, 6.45) is -15.2. The summed E-state index contributed by atoms with van der Waals surface area (Å²) in [5.41, 5.74) is -2.70. The van der Waals surface area contributed by atoms with E-state index in [9.17, 15) is 50.4 Å². The van der Waals surface area contributed by atoms with Gasteiger partial charge in [-0.15, -0.1) is 0 Å². The molecule has 0 radical (unpaired) electrons. The average molecular weight is 442 g/mol. The third-order valence-electron chi connectivity index (χ3n) is 5.31. The zero-order valence-electron chi connectivity index (χ0n) is 15.6. The van der Waals surface area contributed by atoms with Gasteiger partial charge in [-0.25, -0.2) is 0 Å². The van der Waals surface area contributed by atoms with Crippen molar-refractivity contribution in [1.29, 1.82) is 0 Å². The Kier molecular flexibility index (Phi) is 7.73. The summed E-state index contributed by atoms with van der Waals surface area (Å²) in [6.45, 7) is -3.16. The molecule has 9 atom stereocenters. The molecule has 174 valence electrons. The largest absolute Gasteiger partial charge is 0.481 e. The third-order valence-corrected chi connectivity index (χ3v) is 5.31. The van der Waals surface area contributed by atoms with E-state index >= 15 is 0 Å². The quantitative estimate of drug-likeness (QED) is 0.159. The van der Waals surface area contributed by atoms with Crippen molar-refractivity contribution < 1.29 is 69.8 Å². The van der Waals surface area contributed by atoms with Crippen molar-refractivity contribution in [1.82, 2.24) is 0 Å². The van der Waals surface area contributed by atoms with Gasteiger partial charge in [0.1, 0.15) is 36.6 Å². The maximum atomic E-state index is 12.3. The molecule has 0 aliphatic carbocycles. The molecule has 14 nitrogen and oxygen atoms in total. The fourth-order valence-corrected chi connectivity index (χ4v) is 3.65. The van der Waals surface area contributed by atoms with Gasteiger partial charge in [0, 0.05) is 0 Å². The highest BCUT2D eigenvalue weighted by molar-refractivity contribution is 5.76. The zero-order valence-corrected chi connectivity index (χ0v) is 15.6. The van der Waals surface area contributed by atoms with Crippen LogP contribution in [0.4, 0.5) is 0 Å². The lowest BCUT2D eigenvalue weighted by atomic mass is 9.78. The van der Waals surface area contributed by atoms with Crippen LogP contribution in [0.2, 0.25) is 0 Å². The fourth-order valence-electron chi connectivity index (χ4n) is 3.65. The standard InChI is InChI=1S/C16H26O14/c17-3-6-10(23)12(25)14(27)16(29-6,30-9(22)2-1-8(20)21)15(5-19)13(26)11(24)7(4-18)28-15/h6-7,10-14,17-19,23-27H,1-5H2,(H,20,21)/t6-,7-,10-,11-,12+,13+,14-,15+,16+/m1/s1. The molecule has 0 saturated carbocycles. The van der Waals surface area contributed by atoms with Crippen LogP contribution >= 0.6 is 0 Å². The summed E-state index contributed by atoms with van der Waals surface area (Å²) in [5, 5.41) is 89.2. The molecular weight excluding hydrogens is 416 g/mol. The Bertz CT molecular complexity index is 627. The number of aliphatic carboxylic acids is 1. The summed E-state index contributed by atoms with van der Waals surface area (Å²) in [4.78, 5) is 23.0. The second kappa shape index (κ2) is 9.35. The van der Waals surface area contributed by atoms with Crippen molar-refractivity contribution in [3.05, 3.63) is 0 Å². The molecule has 0 unspecified atom stereocenters. The number of carbonyl (C=O) groups excluding carboxylic acids is 1. The van der Waals surface area contributed by atoms with E-state index in [4.69, 9.17) is 19.3 Å². The summed E-state index contributed by atoms with van der Waals surface area (Å²) in [6, 6.07) is 0. The molecule has 0 aromatic rings. The molecule has 30 heavy (non-hydrogen) atoms. The Morgan fingerprint density at radius 2 is 1.37 bits per heavy atom. The molecule has 2 heterocycles. The Labute approximate surface area is 169 Å². The minimum atomic E-state index is -3.02. The van der Waals surface area contributed by atoms with E-state index in [1.54, 1.807) is 0 Å². The molecule has 2 rings (SSSR count). The minimum absolute atomic E-state index is 0.711. The fraction of sp³-hybridized carbons (Fsp3) is 0.875. The molecule has 14 heteroatoms. The monoisotopic (exact) mass is 442 g/mol. The number of hydrogen-bond acceptors (Lipinski definition) is 13. The molecule has 2 aliphatic rings. The number of ether oxygens (including phenoxy) is 3. The summed E-state index contributed by atoms with van der Waals surface area (Å²) < 4.78 is 15.8. The van der Waals surface area contributed by atoms with Crippen molar-refractivity contribution in [2.24, 2.45) is 0 Å². The van der Waals surface area contributed by atoms with E-state index in [0.29, 0.717) is 0 Å². The first-order valence-electron chi connectivity index (χ1n) is 9.03.